The maximum Gasteiger partial charge on any atom is 0.417 e. The number of imide groups is 1. The van der Waals surface area contributed by atoms with Gasteiger partial charge in [0, 0.05) is 22.9 Å². The van der Waals surface area contributed by atoms with Gasteiger partial charge in [-0.1, -0.05) is 36.9 Å². The maximum atomic E-state index is 13.8. The van der Waals surface area contributed by atoms with Crippen molar-refractivity contribution in [1.29, 1.82) is 0 Å². The summed E-state index contributed by atoms with van der Waals surface area (Å²) < 4.78 is 7.35. The van der Waals surface area contributed by atoms with Crippen LogP contribution in [0.15, 0.2) is 67.5 Å². The SMILES string of the molecule is C=Cc1cccc2[nH]c(-c3ccc(-c4cnn5ccccc45)c4c3C(=O)N(C(=O)OC(C)(C)C)C4)nc12. The molecule has 2 amide bonds. The number of benzene rings is 2. The normalized spacial score (nSPS) is 13.4. The standard InChI is InChI=1S/C29H25N5O3/c1-5-17-9-8-10-22-25(17)32-26(31-22)19-13-12-18(20-15-30-34-14-7-6-11-23(20)34)21-16-33(27(35)24(19)21)28(36)37-29(2,3)4/h5-15H,1,16H2,2-4H3,(H,31,32). The Morgan fingerprint density at radius 1 is 1.08 bits per heavy atom. The molecule has 184 valence electrons. The minimum absolute atomic E-state index is 0.0918. The van der Waals surface area contributed by atoms with Crippen molar-refractivity contribution in [2.45, 2.75) is 32.9 Å². The molecule has 2 aromatic carbocycles. The van der Waals surface area contributed by atoms with E-state index in [1.807, 2.05) is 54.7 Å². The van der Waals surface area contributed by atoms with Crippen molar-refractivity contribution in [3.05, 3.63) is 84.2 Å². The number of carbonyl (C=O) groups is 2. The summed E-state index contributed by atoms with van der Waals surface area (Å²) in [5.41, 5.74) is 6.15. The van der Waals surface area contributed by atoms with Crippen molar-refractivity contribution >= 4 is 34.6 Å². The van der Waals surface area contributed by atoms with Gasteiger partial charge in [0.25, 0.3) is 5.91 Å². The van der Waals surface area contributed by atoms with Crippen molar-refractivity contribution in [2.75, 3.05) is 0 Å². The van der Waals surface area contributed by atoms with Crippen LogP contribution in [-0.2, 0) is 11.3 Å². The second-order valence-electron chi connectivity index (χ2n) is 10.0. The van der Waals surface area contributed by atoms with Crippen LogP contribution in [0.25, 0.3) is 45.1 Å². The molecule has 0 atom stereocenters. The number of aromatic nitrogens is 4. The molecule has 0 unspecified atom stereocenters. The molecule has 0 spiro atoms. The second kappa shape index (κ2) is 8.16. The summed E-state index contributed by atoms with van der Waals surface area (Å²) in [6.45, 7) is 9.31. The number of carbonyl (C=O) groups excluding carboxylic acids is 2. The number of aromatic amines is 1. The smallest absolute Gasteiger partial charge is 0.417 e. The van der Waals surface area contributed by atoms with E-state index in [1.54, 1.807) is 37.6 Å². The second-order valence-corrected chi connectivity index (χ2v) is 10.0. The Bertz CT molecular complexity index is 1740. The molecule has 3 aromatic heterocycles. The van der Waals surface area contributed by atoms with Crippen LogP contribution in [0.4, 0.5) is 4.79 Å². The molecule has 0 radical (unpaired) electrons. The number of hydrogen-bond donors (Lipinski definition) is 1. The summed E-state index contributed by atoms with van der Waals surface area (Å²) in [6, 6.07) is 15.5. The third-order valence-electron chi connectivity index (χ3n) is 6.44. The Hall–Kier alpha value is -4.72. The molecule has 0 bridgehead atoms. The van der Waals surface area contributed by atoms with Crippen molar-refractivity contribution < 1.29 is 14.3 Å². The Morgan fingerprint density at radius 2 is 1.89 bits per heavy atom. The van der Waals surface area contributed by atoms with Crippen LogP contribution in [-0.4, -0.2) is 42.1 Å². The van der Waals surface area contributed by atoms with Gasteiger partial charge in [-0.15, -0.1) is 0 Å². The topological polar surface area (TPSA) is 92.6 Å². The monoisotopic (exact) mass is 491 g/mol. The van der Waals surface area contributed by atoms with Gasteiger partial charge in [0.15, 0.2) is 0 Å². The lowest BCUT2D eigenvalue weighted by Crippen LogP contribution is -2.37. The van der Waals surface area contributed by atoms with Gasteiger partial charge in [-0.25, -0.2) is 19.2 Å². The molecule has 0 saturated heterocycles. The van der Waals surface area contributed by atoms with E-state index in [2.05, 4.69) is 16.7 Å². The molecular formula is C29H25N5O3. The third kappa shape index (κ3) is 3.69. The molecule has 0 aliphatic carbocycles. The third-order valence-corrected chi connectivity index (χ3v) is 6.44. The predicted octanol–water partition coefficient (Wildman–Crippen LogP) is 6.08. The Labute approximate surface area is 213 Å². The van der Waals surface area contributed by atoms with Gasteiger partial charge < -0.3 is 9.72 Å². The number of imidazole rings is 1. The highest BCUT2D eigenvalue weighted by Crippen LogP contribution is 2.40. The average Bonchev–Trinajstić information content (AvgIpc) is 3.58. The van der Waals surface area contributed by atoms with Gasteiger partial charge in [-0.05, 0) is 56.2 Å². The first-order valence-electron chi connectivity index (χ1n) is 12.0. The Morgan fingerprint density at radius 3 is 2.68 bits per heavy atom. The summed E-state index contributed by atoms with van der Waals surface area (Å²) in [6.07, 6.45) is 4.73. The first kappa shape index (κ1) is 22.7. The van der Waals surface area contributed by atoms with E-state index in [4.69, 9.17) is 9.72 Å². The first-order valence-corrected chi connectivity index (χ1v) is 12.0. The summed E-state index contributed by atoms with van der Waals surface area (Å²) >= 11 is 0. The molecule has 1 N–H and O–H groups in total. The van der Waals surface area contributed by atoms with Gasteiger partial charge in [0.1, 0.15) is 11.4 Å². The predicted molar refractivity (Wildman–Crippen MR) is 142 cm³/mol. The molecule has 6 rings (SSSR count). The van der Waals surface area contributed by atoms with Crippen molar-refractivity contribution in [2.24, 2.45) is 0 Å². The number of H-pyrrole nitrogens is 1. The summed E-state index contributed by atoms with van der Waals surface area (Å²) in [4.78, 5) is 36.1. The molecule has 1 aliphatic rings. The number of ether oxygens (including phenoxy) is 1. The number of amides is 2. The van der Waals surface area contributed by atoms with E-state index >= 15 is 0 Å². The Kier molecular flexibility index (Phi) is 5.01. The average molecular weight is 492 g/mol. The number of pyridine rings is 1. The molecule has 37 heavy (non-hydrogen) atoms. The van der Waals surface area contributed by atoms with E-state index in [9.17, 15) is 9.59 Å². The molecule has 5 aromatic rings. The number of nitrogens with one attached hydrogen (secondary N) is 1. The lowest BCUT2D eigenvalue weighted by molar-refractivity contribution is 0.0248. The summed E-state index contributed by atoms with van der Waals surface area (Å²) in [5, 5.41) is 4.47. The molecule has 8 nitrogen and oxygen atoms in total. The molecule has 1 aliphatic heterocycles. The zero-order chi connectivity index (χ0) is 25.9. The zero-order valence-corrected chi connectivity index (χ0v) is 20.8. The maximum absolute atomic E-state index is 13.8. The van der Waals surface area contributed by atoms with E-state index < -0.39 is 17.6 Å². The van der Waals surface area contributed by atoms with Gasteiger partial charge in [-0.2, -0.15) is 5.10 Å². The van der Waals surface area contributed by atoms with Gasteiger partial charge in [0.2, 0.25) is 0 Å². The number of hydrogen-bond acceptors (Lipinski definition) is 5. The minimum Gasteiger partial charge on any atom is -0.443 e. The van der Waals surface area contributed by atoms with Crippen LogP contribution in [0.3, 0.4) is 0 Å². The number of nitrogens with zero attached hydrogens (tertiary/aromatic N) is 4. The van der Waals surface area contributed by atoms with Crippen LogP contribution in [0.2, 0.25) is 0 Å². The van der Waals surface area contributed by atoms with E-state index in [1.165, 1.54) is 0 Å². The number of rotatable bonds is 3. The van der Waals surface area contributed by atoms with Gasteiger partial charge in [0.05, 0.1) is 34.9 Å². The fourth-order valence-electron chi connectivity index (χ4n) is 4.82. The van der Waals surface area contributed by atoms with E-state index in [0.29, 0.717) is 17.0 Å². The lowest BCUT2D eigenvalue weighted by atomic mass is 9.93. The molecule has 4 heterocycles. The summed E-state index contributed by atoms with van der Waals surface area (Å²) in [5.74, 6) is 0.133. The van der Waals surface area contributed by atoms with Crippen LogP contribution in [0.5, 0.6) is 0 Å². The van der Waals surface area contributed by atoms with Gasteiger partial charge in [-0.3, -0.25) is 4.79 Å². The van der Waals surface area contributed by atoms with Crippen molar-refractivity contribution in [3.63, 3.8) is 0 Å². The van der Waals surface area contributed by atoms with E-state index in [-0.39, 0.29) is 6.54 Å². The largest absolute Gasteiger partial charge is 0.443 e. The quantitative estimate of drug-likeness (QED) is 0.330. The first-order chi connectivity index (χ1) is 17.7. The van der Waals surface area contributed by atoms with E-state index in [0.717, 1.165) is 43.7 Å². The molecule has 8 heteroatoms. The van der Waals surface area contributed by atoms with Crippen LogP contribution in [0, 0.1) is 0 Å². The number of fused-ring (bicyclic) bond motifs is 3. The number of para-hydroxylation sites is 1. The molecule has 0 fully saturated rings. The Balaban J connectivity index is 1.55. The van der Waals surface area contributed by atoms with Crippen molar-refractivity contribution in [3.8, 4) is 22.5 Å². The molecular weight excluding hydrogens is 466 g/mol. The highest BCUT2D eigenvalue weighted by Gasteiger charge is 2.39. The van der Waals surface area contributed by atoms with Crippen LogP contribution >= 0.6 is 0 Å². The lowest BCUT2D eigenvalue weighted by Gasteiger charge is -2.23. The van der Waals surface area contributed by atoms with Crippen LogP contribution < -0.4 is 0 Å². The zero-order valence-electron chi connectivity index (χ0n) is 20.8. The molecule has 0 saturated carbocycles. The summed E-state index contributed by atoms with van der Waals surface area (Å²) in [7, 11) is 0. The van der Waals surface area contributed by atoms with Crippen LogP contribution in [0.1, 0.15) is 42.3 Å². The van der Waals surface area contributed by atoms with Gasteiger partial charge >= 0.3 is 6.09 Å². The highest BCUT2D eigenvalue weighted by atomic mass is 16.6. The highest BCUT2D eigenvalue weighted by molar-refractivity contribution is 6.12. The van der Waals surface area contributed by atoms with Crippen molar-refractivity contribution in [1.82, 2.24) is 24.5 Å². The fraction of sp³-hybridized carbons (Fsp3) is 0.172. The minimum atomic E-state index is -0.736. The fourth-order valence-corrected chi connectivity index (χ4v) is 4.82.